The monoisotopic (exact) mass is 523 g/mol. The van der Waals surface area contributed by atoms with E-state index in [1.807, 2.05) is 24.3 Å². The fourth-order valence-electron chi connectivity index (χ4n) is 4.31. The zero-order chi connectivity index (χ0) is 26.2. The number of carbonyl (C=O) groups is 4. The van der Waals surface area contributed by atoms with E-state index in [4.69, 9.17) is 23.7 Å². The fourth-order valence-corrected chi connectivity index (χ4v) is 5.41. The molecule has 1 aromatic carbocycles. The Balaban J connectivity index is 1.88. The second kappa shape index (κ2) is 13.0. The first-order chi connectivity index (χ1) is 17.1. The van der Waals surface area contributed by atoms with Crippen molar-refractivity contribution < 1.29 is 42.9 Å². The lowest BCUT2D eigenvalue weighted by atomic mass is 9.99. The van der Waals surface area contributed by atoms with E-state index in [-0.39, 0.29) is 6.61 Å². The second-order valence-electron chi connectivity index (χ2n) is 8.73. The molecule has 0 N–H and O–H groups in total. The van der Waals surface area contributed by atoms with Gasteiger partial charge in [0.05, 0.1) is 0 Å². The Kier molecular flexibility index (Phi) is 10.0. The zero-order valence-corrected chi connectivity index (χ0v) is 21.8. The third-order valence-corrected chi connectivity index (χ3v) is 6.91. The summed E-state index contributed by atoms with van der Waals surface area (Å²) in [5, 5.41) is 0. The van der Waals surface area contributed by atoms with Gasteiger partial charge >= 0.3 is 23.9 Å². The summed E-state index contributed by atoms with van der Waals surface area (Å²) in [6, 6.07) is 7.95. The summed E-state index contributed by atoms with van der Waals surface area (Å²) in [6.07, 6.45) is -0.797. The van der Waals surface area contributed by atoms with Crippen molar-refractivity contribution in [2.24, 2.45) is 0 Å². The Morgan fingerprint density at radius 3 is 1.92 bits per heavy atom. The average molecular weight is 524 g/mol. The summed E-state index contributed by atoms with van der Waals surface area (Å²) in [6.45, 7) is 6.66. The maximum Gasteiger partial charge on any atom is 0.303 e. The van der Waals surface area contributed by atoms with Gasteiger partial charge in [-0.25, -0.2) is 0 Å². The first-order valence-electron chi connectivity index (χ1n) is 12.0. The van der Waals surface area contributed by atoms with E-state index in [0.29, 0.717) is 0 Å². The Bertz CT molecular complexity index is 932. The molecular formula is C25H33NO9S. The van der Waals surface area contributed by atoms with Crippen LogP contribution >= 0.6 is 11.8 Å². The molecule has 3 rings (SSSR count). The highest BCUT2D eigenvalue weighted by Crippen LogP contribution is 2.38. The largest absolute Gasteiger partial charge is 0.463 e. The standard InChI is InChI=1S/C25H33NO9S/c1-15(27)31-14-21-22(32-16(2)28)23(33-17(3)29)24(34-18(4)30)25(35-21)36-20-10-8-19(9-11-20)26-12-6-5-7-13-26/h8-11,21-25H,5-7,12-14H2,1-4H3. The summed E-state index contributed by atoms with van der Waals surface area (Å²) in [5.74, 6) is -2.48. The van der Waals surface area contributed by atoms with Crippen LogP contribution in [-0.2, 0) is 42.9 Å². The molecule has 2 aliphatic rings. The molecule has 5 unspecified atom stereocenters. The topological polar surface area (TPSA) is 118 Å². The van der Waals surface area contributed by atoms with Gasteiger partial charge in [0.15, 0.2) is 18.3 Å². The molecule has 36 heavy (non-hydrogen) atoms. The highest BCUT2D eigenvalue weighted by atomic mass is 32.2. The highest BCUT2D eigenvalue weighted by molar-refractivity contribution is 7.99. The maximum absolute atomic E-state index is 12.0. The molecule has 2 heterocycles. The minimum absolute atomic E-state index is 0.247. The van der Waals surface area contributed by atoms with Gasteiger partial charge in [0, 0.05) is 51.4 Å². The van der Waals surface area contributed by atoms with Crippen LogP contribution < -0.4 is 4.90 Å². The van der Waals surface area contributed by atoms with Gasteiger partial charge in [-0.15, -0.1) is 0 Å². The van der Waals surface area contributed by atoms with Crippen molar-refractivity contribution in [2.45, 2.75) is 81.7 Å². The molecule has 11 heteroatoms. The molecule has 198 valence electrons. The lowest BCUT2D eigenvalue weighted by molar-refractivity contribution is -0.237. The molecule has 0 spiro atoms. The smallest absolute Gasteiger partial charge is 0.303 e. The quantitative estimate of drug-likeness (QED) is 0.370. The van der Waals surface area contributed by atoms with E-state index >= 15 is 0 Å². The van der Waals surface area contributed by atoms with Gasteiger partial charge in [0.25, 0.3) is 0 Å². The summed E-state index contributed by atoms with van der Waals surface area (Å²) < 4.78 is 27.7. The Morgan fingerprint density at radius 1 is 0.806 bits per heavy atom. The second-order valence-corrected chi connectivity index (χ2v) is 9.90. The number of carbonyl (C=O) groups excluding carboxylic acids is 4. The summed E-state index contributed by atoms with van der Waals surface area (Å²) in [4.78, 5) is 50.4. The van der Waals surface area contributed by atoms with E-state index in [0.717, 1.165) is 23.7 Å². The van der Waals surface area contributed by atoms with Crippen LogP contribution in [0.3, 0.4) is 0 Å². The van der Waals surface area contributed by atoms with E-state index in [2.05, 4.69) is 4.90 Å². The molecular weight excluding hydrogens is 490 g/mol. The van der Waals surface area contributed by atoms with Gasteiger partial charge in [0.2, 0.25) is 0 Å². The number of hydrogen-bond donors (Lipinski definition) is 0. The highest BCUT2D eigenvalue weighted by Gasteiger charge is 2.52. The number of ether oxygens (including phenoxy) is 5. The fraction of sp³-hybridized carbons (Fsp3) is 0.600. The number of piperidine rings is 1. The van der Waals surface area contributed by atoms with Crippen molar-refractivity contribution in [1.82, 2.24) is 0 Å². The number of hydrogen-bond acceptors (Lipinski definition) is 11. The summed E-state index contributed by atoms with van der Waals surface area (Å²) in [5.41, 5.74) is 0.284. The van der Waals surface area contributed by atoms with Crippen LogP contribution in [0.25, 0.3) is 0 Å². The van der Waals surface area contributed by atoms with Gasteiger partial charge < -0.3 is 28.6 Å². The van der Waals surface area contributed by atoms with Crippen molar-refractivity contribution in [3.63, 3.8) is 0 Å². The van der Waals surface area contributed by atoms with Crippen LogP contribution in [0.4, 0.5) is 5.69 Å². The lowest BCUT2D eigenvalue weighted by Crippen LogP contribution is -2.61. The van der Waals surface area contributed by atoms with Gasteiger partial charge in [-0.1, -0.05) is 11.8 Å². The number of thioether (sulfide) groups is 1. The molecule has 0 aliphatic carbocycles. The van der Waals surface area contributed by atoms with E-state index in [9.17, 15) is 19.2 Å². The average Bonchev–Trinajstić information content (AvgIpc) is 2.82. The Hall–Kier alpha value is -2.79. The van der Waals surface area contributed by atoms with E-state index in [1.54, 1.807) is 0 Å². The van der Waals surface area contributed by atoms with Gasteiger partial charge in [-0.3, -0.25) is 19.2 Å². The predicted octanol–water partition coefficient (Wildman–Crippen LogP) is 2.85. The van der Waals surface area contributed by atoms with Gasteiger partial charge in [-0.2, -0.15) is 0 Å². The number of nitrogens with zero attached hydrogens (tertiary/aromatic N) is 1. The minimum atomic E-state index is -1.17. The maximum atomic E-state index is 12.0. The van der Waals surface area contributed by atoms with Gasteiger partial charge in [0.1, 0.15) is 18.1 Å². The molecule has 0 aromatic heterocycles. The first kappa shape index (κ1) is 27.8. The number of esters is 4. The van der Waals surface area contributed by atoms with Crippen LogP contribution in [0.5, 0.6) is 0 Å². The molecule has 2 fully saturated rings. The van der Waals surface area contributed by atoms with Crippen molar-refractivity contribution in [3.8, 4) is 0 Å². The van der Waals surface area contributed by atoms with Crippen LogP contribution in [0.15, 0.2) is 29.2 Å². The molecule has 1 aromatic rings. The van der Waals surface area contributed by atoms with Crippen molar-refractivity contribution >= 4 is 41.3 Å². The molecule has 0 radical (unpaired) electrons. The zero-order valence-electron chi connectivity index (χ0n) is 21.0. The third kappa shape index (κ3) is 7.86. The van der Waals surface area contributed by atoms with Crippen LogP contribution in [0.2, 0.25) is 0 Å². The van der Waals surface area contributed by atoms with Crippen LogP contribution in [0.1, 0.15) is 47.0 Å². The third-order valence-electron chi connectivity index (χ3n) is 5.76. The summed E-state index contributed by atoms with van der Waals surface area (Å²) >= 11 is 1.27. The minimum Gasteiger partial charge on any atom is -0.463 e. The first-order valence-corrected chi connectivity index (χ1v) is 12.8. The molecule has 2 saturated heterocycles. The van der Waals surface area contributed by atoms with Gasteiger partial charge in [-0.05, 0) is 43.5 Å². The number of anilines is 1. The predicted molar refractivity (Wildman–Crippen MR) is 130 cm³/mol. The Morgan fingerprint density at radius 2 is 1.36 bits per heavy atom. The van der Waals surface area contributed by atoms with E-state index < -0.39 is 53.7 Å². The van der Waals surface area contributed by atoms with Crippen molar-refractivity contribution in [1.29, 1.82) is 0 Å². The summed E-state index contributed by atoms with van der Waals surface area (Å²) in [7, 11) is 0. The Labute approximate surface area is 214 Å². The number of rotatable bonds is 8. The molecule has 5 atom stereocenters. The molecule has 2 aliphatic heterocycles. The molecule has 0 amide bonds. The normalized spacial score (nSPS) is 26.0. The van der Waals surface area contributed by atoms with Crippen molar-refractivity contribution in [3.05, 3.63) is 24.3 Å². The van der Waals surface area contributed by atoms with Crippen LogP contribution in [0, 0.1) is 0 Å². The van der Waals surface area contributed by atoms with Crippen LogP contribution in [-0.4, -0.2) is 73.4 Å². The molecule has 10 nitrogen and oxygen atoms in total. The number of benzene rings is 1. The SMILES string of the molecule is CC(=O)OCC1OC(Sc2ccc(N3CCCCC3)cc2)C(OC(C)=O)C(OC(C)=O)C1OC(C)=O. The van der Waals surface area contributed by atoms with E-state index in [1.165, 1.54) is 58.7 Å². The van der Waals surface area contributed by atoms with Crippen molar-refractivity contribution in [2.75, 3.05) is 24.6 Å². The molecule has 0 saturated carbocycles. The lowest BCUT2D eigenvalue weighted by Gasteiger charge is -2.44. The molecule has 0 bridgehead atoms.